The van der Waals surface area contributed by atoms with Crippen molar-refractivity contribution in [3.05, 3.63) is 34.7 Å². The highest BCUT2D eigenvalue weighted by Crippen LogP contribution is 2.25. The first-order valence-electron chi connectivity index (χ1n) is 4.20. The average Bonchev–Trinajstić information content (AvgIpc) is 2.59. The van der Waals surface area contributed by atoms with Gasteiger partial charge in [-0.2, -0.15) is 0 Å². The number of fused-ring (bicyclic) bond motifs is 1. The van der Waals surface area contributed by atoms with Crippen LogP contribution in [0.15, 0.2) is 23.6 Å². The van der Waals surface area contributed by atoms with Crippen molar-refractivity contribution in [2.75, 3.05) is 0 Å². The average molecular weight is 204 g/mol. The van der Waals surface area contributed by atoms with Gasteiger partial charge in [0, 0.05) is 26.6 Å². The van der Waals surface area contributed by atoms with Crippen LogP contribution in [0.2, 0.25) is 0 Å². The van der Waals surface area contributed by atoms with E-state index in [1.165, 1.54) is 18.3 Å². The van der Waals surface area contributed by atoms with Gasteiger partial charge >= 0.3 is 0 Å². The van der Waals surface area contributed by atoms with E-state index in [4.69, 9.17) is 0 Å². The molecule has 0 saturated heterocycles. The first-order chi connectivity index (χ1) is 6.72. The number of ketones is 1. The molecule has 0 amide bonds. The predicted molar refractivity (Wildman–Crippen MR) is 57.2 cm³/mol. The van der Waals surface area contributed by atoms with Crippen molar-refractivity contribution >= 4 is 33.5 Å². The van der Waals surface area contributed by atoms with E-state index in [9.17, 15) is 9.59 Å². The van der Waals surface area contributed by atoms with E-state index < -0.39 is 0 Å². The van der Waals surface area contributed by atoms with Crippen LogP contribution in [0.25, 0.3) is 10.1 Å². The second-order valence-corrected chi connectivity index (χ2v) is 3.99. The third-order valence-corrected chi connectivity index (χ3v) is 3.12. The summed E-state index contributed by atoms with van der Waals surface area (Å²) < 4.78 is 1.04. The summed E-state index contributed by atoms with van der Waals surface area (Å²) in [6.07, 6.45) is 0.822. The Balaban J connectivity index is 2.73. The minimum Gasteiger partial charge on any atom is -0.298 e. The number of carbonyl (C=O) groups excluding carboxylic acids is 2. The summed E-state index contributed by atoms with van der Waals surface area (Å²) in [7, 11) is 0. The van der Waals surface area contributed by atoms with E-state index in [-0.39, 0.29) is 5.78 Å². The SMILES string of the molecule is CC(=O)c1ccc2scc(C=O)c2c1. The largest absolute Gasteiger partial charge is 0.298 e. The van der Waals surface area contributed by atoms with Crippen molar-refractivity contribution < 1.29 is 9.59 Å². The zero-order valence-electron chi connectivity index (χ0n) is 7.61. The molecule has 0 bridgehead atoms. The summed E-state index contributed by atoms with van der Waals surface area (Å²) in [6.45, 7) is 1.52. The quantitative estimate of drug-likeness (QED) is 0.556. The van der Waals surface area contributed by atoms with Crippen LogP contribution < -0.4 is 0 Å². The highest BCUT2D eigenvalue weighted by Gasteiger charge is 2.05. The van der Waals surface area contributed by atoms with E-state index in [2.05, 4.69) is 0 Å². The summed E-state index contributed by atoms with van der Waals surface area (Å²) >= 11 is 1.52. The van der Waals surface area contributed by atoms with Crippen LogP contribution in [0.4, 0.5) is 0 Å². The first-order valence-corrected chi connectivity index (χ1v) is 5.07. The molecule has 0 spiro atoms. The number of hydrogen-bond donors (Lipinski definition) is 0. The number of rotatable bonds is 2. The summed E-state index contributed by atoms with van der Waals surface area (Å²) in [4.78, 5) is 21.8. The van der Waals surface area contributed by atoms with Crippen LogP contribution in [-0.4, -0.2) is 12.1 Å². The fourth-order valence-corrected chi connectivity index (χ4v) is 2.25. The van der Waals surface area contributed by atoms with Crippen molar-refractivity contribution in [3.63, 3.8) is 0 Å². The fraction of sp³-hybridized carbons (Fsp3) is 0.0909. The zero-order valence-corrected chi connectivity index (χ0v) is 8.43. The summed E-state index contributed by atoms with van der Waals surface area (Å²) in [6, 6.07) is 5.44. The van der Waals surface area contributed by atoms with E-state index in [0.717, 1.165) is 16.4 Å². The first kappa shape index (κ1) is 9.09. The maximum atomic E-state index is 11.1. The van der Waals surface area contributed by atoms with Gasteiger partial charge in [-0.05, 0) is 25.1 Å². The molecule has 0 fully saturated rings. The third-order valence-electron chi connectivity index (χ3n) is 2.14. The maximum absolute atomic E-state index is 11.1. The lowest BCUT2D eigenvalue weighted by atomic mass is 10.1. The Kier molecular flexibility index (Phi) is 2.17. The molecule has 1 aromatic heterocycles. The van der Waals surface area contributed by atoms with Crippen molar-refractivity contribution in [3.8, 4) is 0 Å². The van der Waals surface area contributed by atoms with Gasteiger partial charge in [-0.15, -0.1) is 11.3 Å². The molecule has 0 radical (unpaired) electrons. The molecule has 0 aliphatic heterocycles. The van der Waals surface area contributed by atoms with E-state index >= 15 is 0 Å². The van der Waals surface area contributed by atoms with Gasteiger partial charge in [-0.1, -0.05) is 0 Å². The lowest BCUT2D eigenvalue weighted by molar-refractivity contribution is 0.101. The van der Waals surface area contributed by atoms with Crippen molar-refractivity contribution in [1.29, 1.82) is 0 Å². The molecule has 0 N–H and O–H groups in total. The van der Waals surface area contributed by atoms with Gasteiger partial charge in [-0.25, -0.2) is 0 Å². The van der Waals surface area contributed by atoms with Gasteiger partial charge in [0.15, 0.2) is 12.1 Å². The Bertz CT molecular complexity index is 511. The Morgan fingerprint density at radius 2 is 2.21 bits per heavy atom. The van der Waals surface area contributed by atoms with E-state index in [1.54, 1.807) is 12.1 Å². The molecule has 1 aromatic carbocycles. The molecule has 70 valence electrons. The predicted octanol–water partition coefficient (Wildman–Crippen LogP) is 2.92. The monoisotopic (exact) mass is 204 g/mol. The lowest BCUT2D eigenvalue weighted by Crippen LogP contribution is -1.90. The van der Waals surface area contributed by atoms with E-state index in [1.807, 2.05) is 11.4 Å². The van der Waals surface area contributed by atoms with Crippen molar-refractivity contribution in [1.82, 2.24) is 0 Å². The highest BCUT2D eigenvalue weighted by atomic mass is 32.1. The molecule has 2 rings (SSSR count). The normalized spacial score (nSPS) is 10.4. The molecular weight excluding hydrogens is 196 g/mol. The number of hydrogen-bond acceptors (Lipinski definition) is 3. The third kappa shape index (κ3) is 1.36. The Morgan fingerprint density at radius 1 is 1.43 bits per heavy atom. The second kappa shape index (κ2) is 3.35. The smallest absolute Gasteiger partial charge is 0.159 e. The molecule has 0 saturated carbocycles. The van der Waals surface area contributed by atoms with Crippen molar-refractivity contribution in [2.24, 2.45) is 0 Å². The van der Waals surface area contributed by atoms with Gasteiger partial charge in [-0.3, -0.25) is 9.59 Å². The molecule has 14 heavy (non-hydrogen) atoms. The van der Waals surface area contributed by atoms with Crippen molar-refractivity contribution in [2.45, 2.75) is 6.92 Å². The van der Waals surface area contributed by atoms with Gasteiger partial charge in [0.2, 0.25) is 0 Å². The van der Waals surface area contributed by atoms with Crippen LogP contribution in [-0.2, 0) is 0 Å². The molecule has 1 heterocycles. The number of benzene rings is 1. The molecule has 3 heteroatoms. The van der Waals surface area contributed by atoms with Crippen LogP contribution in [0, 0.1) is 0 Å². The van der Waals surface area contributed by atoms with Gasteiger partial charge in [0.25, 0.3) is 0 Å². The summed E-state index contributed by atoms with van der Waals surface area (Å²) in [5.74, 6) is 0.0231. The van der Waals surface area contributed by atoms with Gasteiger partial charge in [0.1, 0.15) is 0 Å². The highest BCUT2D eigenvalue weighted by molar-refractivity contribution is 7.17. The van der Waals surface area contributed by atoms with Crippen LogP contribution in [0.5, 0.6) is 0 Å². The fourth-order valence-electron chi connectivity index (χ4n) is 1.36. The Hall–Kier alpha value is -1.48. The summed E-state index contributed by atoms with van der Waals surface area (Å²) in [5.41, 5.74) is 1.31. The number of Topliss-reactive ketones (excluding diaryl/α,β-unsaturated/α-hetero) is 1. The number of aldehydes is 1. The van der Waals surface area contributed by atoms with Gasteiger partial charge in [0.05, 0.1) is 0 Å². The maximum Gasteiger partial charge on any atom is 0.159 e. The molecule has 0 aliphatic carbocycles. The minimum atomic E-state index is 0.0231. The number of carbonyl (C=O) groups is 2. The molecule has 0 aliphatic rings. The molecule has 0 atom stereocenters. The molecule has 2 aromatic rings. The Morgan fingerprint density at radius 3 is 2.86 bits per heavy atom. The standard InChI is InChI=1S/C11H8O2S/c1-7(13)8-2-3-11-10(4-8)9(5-12)6-14-11/h2-6H,1H3. The van der Waals surface area contributed by atoms with Crippen LogP contribution in [0.1, 0.15) is 27.6 Å². The van der Waals surface area contributed by atoms with Crippen LogP contribution in [0.3, 0.4) is 0 Å². The molecule has 2 nitrogen and oxygen atoms in total. The van der Waals surface area contributed by atoms with Crippen LogP contribution >= 0.6 is 11.3 Å². The summed E-state index contributed by atoms with van der Waals surface area (Å²) in [5, 5.41) is 2.68. The lowest BCUT2D eigenvalue weighted by Gasteiger charge is -1.95. The topological polar surface area (TPSA) is 34.1 Å². The Labute approximate surface area is 85.2 Å². The zero-order chi connectivity index (χ0) is 10.1. The second-order valence-electron chi connectivity index (χ2n) is 3.08. The molecular formula is C11H8O2S. The number of thiophene rings is 1. The minimum absolute atomic E-state index is 0.0231. The molecule has 0 unspecified atom stereocenters. The van der Waals surface area contributed by atoms with E-state index in [0.29, 0.717) is 11.1 Å². The van der Waals surface area contributed by atoms with Gasteiger partial charge < -0.3 is 0 Å².